The molecule has 0 N–H and O–H groups in total. The number of fused-ring (bicyclic) bond motifs is 1. The first-order chi connectivity index (χ1) is 9.04. The van der Waals surface area contributed by atoms with E-state index in [1.165, 1.54) is 11.0 Å². The van der Waals surface area contributed by atoms with E-state index in [0.717, 1.165) is 0 Å². The van der Waals surface area contributed by atoms with Crippen LogP contribution in [0, 0.1) is 0 Å². The van der Waals surface area contributed by atoms with Gasteiger partial charge in [0, 0.05) is 19.5 Å². The Hall–Kier alpha value is -2.30. The first-order valence-corrected chi connectivity index (χ1v) is 5.96. The SMILES string of the molecule is CCOc1cccc2cc(C(=O)N(C)C)c(=O)oc12. The molecular weight excluding hydrogens is 246 g/mol. The summed E-state index contributed by atoms with van der Waals surface area (Å²) >= 11 is 0. The van der Waals surface area contributed by atoms with Gasteiger partial charge in [0.15, 0.2) is 11.3 Å². The summed E-state index contributed by atoms with van der Waals surface area (Å²) in [6, 6.07) is 6.82. The maximum Gasteiger partial charge on any atom is 0.349 e. The molecule has 0 saturated heterocycles. The fourth-order valence-corrected chi connectivity index (χ4v) is 1.78. The number of benzene rings is 1. The molecule has 0 aliphatic heterocycles. The van der Waals surface area contributed by atoms with Crippen LogP contribution in [0.1, 0.15) is 17.3 Å². The third kappa shape index (κ3) is 2.45. The Morgan fingerprint density at radius 3 is 2.74 bits per heavy atom. The molecule has 1 amide bonds. The largest absolute Gasteiger partial charge is 0.490 e. The van der Waals surface area contributed by atoms with Crippen LogP contribution in [-0.2, 0) is 0 Å². The third-order valence-electron chi connectivity index (χ3n) is 2.66. The fourth-order valence-electron chi connectivity index (χ4n) is 1.78. The maximum atomic E-state index is 11.9. The number of hydrogen-bond donors (Lipinski definition) is 0. The number of rotatable bonds is 3. The Balaban J connectivity index is 2.65. The van der Waals surface area contributed by atoms with Gasteiger partial charge in [-0.1, -0.05) is 12.1 Å². The Bertz CT molecular complexity index is 673. The van der Waals surface area contributed by atoms with E-state index in [0.29, 0.717) is 23.3 Å². The van der Waals surface area contributed by atoms with Crippen LogP contribution in [0.5, 0.6) is 5.75 Å². The second-order valence-electron chi connectivity index (χ2n) is 4.25. The standard InChI is InChI=1S/C14H15NO4/c1-4-18-11-7-5-6-9-8-10(13(16)15(2)3)14(17)19-12(9)11/h5-8H,4H2,1-3H3. The molecule has 5 heteroatoms. The fraction of sp³-hybridized carbons (Fsp3) is 0.286. The van der Waals surface area contributed by atoms with Crippen molar-refractivity contribution in [3.8, 4) is 5.75 Å². The lowest BCUT2D eigenvalue weighted by Crippen LogP contribution is -2.27. The Labute approximate surface area is 110 Å². The summed E-state index contributed by atoms with van der Waals surface area (Å²) in [5.74, 6) is 0.124. The van der Waals surface area contributed by atoms with E-state index in [-0.39, 0.29) is 11.5 Å². The predicted molar refractivity (Wildman–Crippen MR) is 71.7 cm³/mol. The highest BCUT2D eigenvalue weighted by molar-refractivity contribution is 5.97. The quantitative estimate of drug-likeness (QED) is 0.792. The minimum Gasteiger partial charge on any atom is -0.490 e. The zero-order valence-electron chi connectivity index (χ0n) is 11.1. The molecule has 0 aliphatic rings. The topological polar surface area (TPSA) is 59.8 Å². The highest BCUT2D eigenvalue weighted by Gasteiger charge is 2.16. The van der Waals surface area contributed by atoms with Crippen molar-refractivity contribution in [2.24, 2.45) is 0 Å². The smallest absolute Gasteiger partial charge is 0.349 e. The second-order valence-corrected chi connectivity index (χ2v) is 4.25. The highest BCUT2D eigenvalue weighted by atomic mass is 16.5. The van der Waals surface area contributed by atoms with E-state index in [9.17, 15) is 9.59 Å². The van der Waals surface area contributed by atoms with Gasteiger partial charge in [0.25, 0.3) is 5.91 Å². The molecule has 0 bridgehead atoms. The van der Waals surface area contributed by atoms with E-state index in [2.05, 4.69) is 0 Å². The van der Waals surface area contributed by atoms with Gasteiger partial charge in [0.1, 0.15) is 5.56 Å². The molecule has 1 aromatic heterocycles. The molecular formula is C14H15NO4. The van der Waals surface area contributed by atoms with Crippen LogP contribution in [-0.4, -0.2) is 31.5 Å². The maximum absolute atomic E-state index is 11.9. The summed E-state index contributed by atoms with van der Waals surface area (Å²) in [6.07, 6.45) is 0. The summed E-state index contributed by atoms with van der Waals surface area (Å²) in [6.45, 7) is 2.32. The first-order valence-electron chi connectivity index (χ1n) is 5.96. The minimum atomic E-state index is -0.654. The van der Waals surface area contributed by atoms with Crippen molar-refractivity contribution >= 4 is 16.9 Å². The monoisotopic (exact) mass is 261 g/mol. The van der Waals surface area contributed by atoms with E-state index in [4.69, 9.17) is 9.15 Å². The predicted octanol–water partition coefficient (Wildman–Crippen LogP) is 1.89. The zero-order chi connectivity index (χ0) is 14.0. The van der Waals surface area contributed by atoms with Crippen molar-refractivity contribution in [2.75, 3.05) is 20.7 Å². The summed E-state index contributed by atoms with van der Waals surface area (Å²) in [4.78, 5) is 25.1. The van der Waals surface area contributed by atoms with E-state index in [1.807, 2.05) is 6.92 Å². The summed E-state index contributed by atoms with van der Waals surface area (Å²) < 4.78 is 10.6. The summed E-state index contributed by atoms with van der Waals surface area (Å²) in [5.41, 5.74) is -0.269. The number of ether oxygens (including phenoxy) is 1. The molecule has 5 nitrogen and oxygen atoms in total. The molecule has 100 valence electrons. The van der Waals surface area contributed by atoms with Crippen molar-refractivity contribution < 1.29 is 13.9 Å². The molecule has 2 rings (SSSR count). The van der Waals surface area contributed by atoms with Gasteiger partial charge in [-0.05, 0) is 19.1 Å². The van der Waals surface area contributed by atoms with Crippen LogP contribution in [0.4, 0.5) is 0 Å². The molecule has 0 aliphatic carbocycles. The average molecular weight is 261 g/mol. The molecule has 0 fully saturated rings. The Kier molecular flexibility index (Phi) is 3.55. The zero-order valence-corrected chi connectivity index (χ0v) is 11.1. The molecule has 0 atom stereocenters. The van der Waals surface area contributed by atoms with Crippen LogP contribution < -0.4 is 10.4 Å². The van der Waals surface area contributed by atoms with Gasteiger partial charge >= 0.3 is 5.63 Å². The average Bonchev–Trinajstić information content (AvgIpc) is 2.38. The number of para-hydroxylation sites is 1. The van der Waals surface area contributed by atoms with Gasteiger partial charge < -0.3 is 14.1 Å². The lowest BCUT2D eigenvalue weighted by atomic mass is 10.1. The van der Waals surface area contributed by atoms with Crippen molar-refractivity contribution in [1.29, 1.82) is 0 Å². The van der Waals surface area contributed by atoms with E-state index in [1.54, 1.807) is 32.3 Å². The van der Waals surface area contributed by atoms with Crippen LogP contribution in [0.25, 0.3) is 11.0 Å². The second kappa shape index (κ2) is 5.14. The molecule has 0 unspecified atom stereocenters. The number of nitrogens with zero attached hydrogens (tertiary/aromatic N) is 1. The van der Waals surface area contributed by atoms with Crippen molar-refractivity contribution in [1.82, 2.24) is 4.90 Å². The lowest BCUT2D eigenvalue weighted by Gasteiger charge is -2.10. The molecule has 0 radical (unpaired) electrons. The normalized spacial score (nSPS) is 10.5. The van der Waals surface area contributed by atoms with E-state index < -0.39 is 5.63 Å². The van der Waals surface area contributed by atoms with Crippen LogP contribution in [0.15, 0.2) is 33.5 Å². The van der Waals surface area contributed by atoms with Crippen LogP contribution >= 0.6 is 0 Å². The van der Waals surface area contributed by atoms with Gasteiger partial charge in [-0.2, -0.15) is 0 Å². The molecule has 0 spiro atoms. The minimum absolute atomic E-state index is 0.0196. The molecule has 2 aromatic rings. The summed E-state index contributed by atoms with van der Waals surface area (Å²) in [5, 5.41) is 0.663. The van der Waals surface area contributed by atoms with Gasteiger partial charge in [0.2, 0.25) is 0 Å². The van der Waals surface area contributed by atoms with Gasteiger partial charge in [-0.25, -0.2) is 4.79 Å². The number of amides is 1. The van der Waals surface area contributed by atoms with Crippen molar-refractivity contribution in [3.05, 3.63) is 40.2 Å². The molecule has 1 aromatic carbocycles. The van der Waals surface area contributed by atoms with Crippen molar-refractivity contribution in [3.63, 3.8) is 0 Å². The van der Waals surface area contributed by atoms with E-state index >= 15 is 0 Å². The van der Waals surface area contributed by atoms with Crippen LogP contribution in [0.2, 0.25) is 0 Å². The number of carbonyl (C=O) groups is 1. The number of hydrogen-bond acceptors (Lipinski definition) is 4. The Morgan fingerprint density at radius 1 is 1.37 bits per heavy atom. The summed E-state index contributed by atoms with van der Waals surface area (Å²) in [7, 11) is 3.17. The van der Waals surface area contributed by atoms with Crippen LogP contribution in [0.3, 0.4) is 0 Å². The van der Waals surface area contributed by atoms with Gasteiger partial charge in [-0.3, -0.25) is 4.79 Å². The molecule has 0 saturated carbocycles. The van der Waals surface area contributed by atoms with Crippen molar-refractivity contribution in [2.45, 2.75) is 6.92 Å². The lowest BCUT2D eigenvalue weighted by molar-refractivity contribution is 0.0823. The number of carbonyl (C=O) groups excluding carboxylic acids is 1. The molecule has 19 heavy (non-hydrogen) atoms. The molecule has 1 heterocycles. The highest BCUT2D eigenvalue weighted by Crippen LogP contribution is 2.25. The first kappa shape index (κ1) is 13.1. The Morgan fingerprint density at radius 2 is 2.11 bits per heavy atom. The third-order valence-corrected chi connectivity index (χ3v) is 2.66. The van der Waals surface area contributed by atoms with Gasteiger partial charge in [-0.15, -0.1) is 0 Å². The van der Waals surface area contributed by atoms with Gasteiger partial charge in [0.05, 0.1) is 6.61 Å².